The third kappa shape index (κ3) is 6.27. The van der Waals surface area contributed by atoms with E-state index in [1.165, 1.54) is 6.21 Å². The predicted octanol–water partition coefficient (Wildman–Crippen LogP) is 4.39. The Morgan fingerprint density at radius 2 is 1.86 bits per heavy atom. The van der Waals surface area contributed by atoms with Crippen molar-refractivity contribution in [1.29, 1.82) is 0 Å². The number of hydrogen-bond donors (Lipinski definition) is 1. The van der Waals surface area contributed by atoms with E-state index in [1.54, 1.807) is 13.2 Å². The zero-order valence-corrected chi connectivity index (χ0v) is 18.3. The second kappa shape index (κ2) is 10.1. The molecule has 2 aromatic carbocycles. The number of nitrogens with zero attached hydrogens (tertiary/aromatic N) is 1. The van der Waals surface area contributed by atoms with E-state index in [-0.39, 0.29) is 18.6 Å². The molecule has 0 saturated carbocycles. The summed E-state index contributed by atoms with van der Waals surface area (Å²) in [7, 11) is 1.58. The summed E-state index contributed by atoms with van der Waals surface area (Å²) in [5.41, 5.74) is 5.15. The van der Waals surface area contributed by atoms with E-state index in [4.69, 9.17) is 14.2 Å². The van der Waals surface area contributed by atoms with E-state index in [0.717, 1.165) is 21.2 Å². The molecule has 0 aliphatic rings. The fraction of sp³-hybridized carbons (Fsp3) is 0.333. The molecule has 150 valence electrons. The van der Waals surface area contributed by atoms with E-state index in [2.05, 4.69) is 26.5 Å². The third-order valence-electron chi connectivity index (χ3n) is 3.73. The lowest BCUT2D eigenvalue weighted by Crippen LogP contribution is -2.25. The second-order valence-corrected chi connectivity index (χ2v) is 7.44. The molecule has 0 aliphatic carbocycles. The number of hydrazone groups is 1. The van der Waals surface area contributed by atoms with Gasteiger partial charge in [0, 0.05) is 4.47 Å². The molecule has 0 atom stereocenters. The van der Waals surface area contributed by atoms with Crippen molar-refractivity contribution in [2.24, 2.45) is 5.10 Å². The smallest absolute Gasteiger partial charge is 0.277 e. The Balaban J connectivity index is 1.93. The van der Waals surface area contributed by atoms with Crippen molar-refractivity contribution in [3.8, 4) is 17.2 Å². The molecular formula is C21H25BrN2O4. The van der Waals surface area contributed by atoms with Gasteiger partial charge in [-0.2, -0.15) is 5.10 Å². The number of aryl methyl sites for hydroxylation is 2. The Morgan fingerprint density at radius 3 is 2.46 bits per heavy atom. The summed E-state index contributed by atoms with van der Waals surface area (Å²) in [4.78, 5) is 12.0. The summed E-state index contributed by atoms with van der Waals surface area (Å²) in [5.74, 6) is 1.62. The lowest BCUT2D eigenvalue weighted by atomic mass is 10.1. The fourth-order valence-corrected chi connectivity index (χ4v) is 3.28. The van der Waals surface area contributed by atoms with Gasteiger partial charge >= 0.3 is 0 Å². The number of carbonyl (C=O) groups excluding carboxylic acids is 1. The Hall–Kier alpha value is -2.54. The molecule has 6 nitrogen and oxygen atoms in total. The SMILES string of the molecule is COc1cc(/C=N/NC(=O)COc2c(C)cc(Br)cc2C)ccc1OC(C)C. The van der Waals surface area contributed by atoms with Crippen LogP contribution in [0.1, 0.15) is 30.5 Å². The summed E-state index contributed by atoms with van der Waals surface area (Å²) >= 11 is 3.44. The molecule has 0 aliphatic heterocycles. The van der Waals surface area contributed by atoms with Crippen molar-refractivity contribution in [2.75, 3.05) is 13.7 Å². The molecule has 0 bridgehead atoms. The van der Waals surface area contributed by atoms with Crippen LogP contribution in [-0.4, -0.2) is 31.9 Å². The first-order chi connectivity index (χ1) is 13.3. The molecule has 0 fully saturated rings. The fourth-order valence-electron chi connectivity index (χ4n) is 2.59. The summed E-state index contributed by atoms with van der Waals surface area (Å²) in [6.45, 7) is 7.64. The standard InChI is InChI=1S/C21H25BrN2O4/c1-13(2)28-18-7-6-16(10-19(18)26-5)11-23-24-20(25)12-27-21-14(3)8-17(22)9-15(21)4/h6-11,13H,12H2,1-5H3,(H,24,25)/b23-11+. The summed E-state index contributed by atoms with van der Waals surface area (Å²) in [6, 6.07) is 9.32. The molecule has 2 aromatic rings. The van der Waals surface area contributed by atoms with Gasteiger partial charge in [-0.1, -0.05) is 15.9 Å². The molecule has 2 rings (SSSR count). The third-order valence-corrected chi connectivity index (χ3v) is 4.18. The van der Waals surface area contributed by atoms with Crippen molar-refractivity contribution in [3.05, 3.63) is 51.5 Å². The van der Waals surface area contributed by atoms with Gasteiger partial charge in [0.1, 0.15) is 5.75 Å². The van der Waals surface area contributed by atoms with E-state index >= 15 is 0 Å². The number of carbonyl (C=O) groups is 1. The van der Waals surface area contributed by atoms with Crippen molar-refractivity contribution in [1.82, 2.24) is 5.43 Å². The monoisotopic (exact) mass is 448 g/mol. The predicted molar refractivity (Wildman–Crippen MR) is 114 cm³/mol. The summed E-state index contributed by atoms with van der Waals surface area (Å²) < 4.78 is 17.6. The largest absolute Gasteiger partial charge is 0.493 e. The van der Waals surface area contributed by atoms with Gasteiger partial charge in [0.05, 0.1) is 19.4 Å². The number of nitrogens with one attached hydrogen (secondary N) is 1. The van der Waals surface area contributed by atoms with Crippen LogP contribution in [0.5, 0.6) is 17.2 Å². The van der Waals surface area contributed by atoms with E-state index in [1.807, 2.05) is 52.0 Å². The second-order valence-electron chi connectivity index (χ2n) is 6.53. The minimum Gasteiger partial charge on any atom is -0.493 e. The van der Waals surface area contributed by atoms with E-state index in [0.29, 0.717) is 17.2 Å². The van der Waals surface area contributed by atoms with Crippen molar-refractivity contribution >= 4 is 28.1 Å². The van der Waals surface area contributed by atoms with Crippen molar-refractivity contribution in [3.63, 3.8) is 0 Å². The summed E-state index contributed by atoms with van der Waals surface area (Å²) in [5, 5.41) is 3.97. The summed E-state index contributed by atoms with van der Waals surface area (Å²) in [6.07, 6.45) is 1.58. The molecule has 28 heavy (non-hydrogen) atoms. The molecule has 0 saturated heterocycles. The van der Waals surface area contributed by atoms with Crippen LogP contribution in [0.3, 0.4) is 0 Å². The van der Waals surface area contributed by atoms with Crippen LogP contribution in [-0.2, 0) is 4.79 Å². The van der Waals surface area contributed by atoms with Crippen molar-refractivity contribution < 1.29 is 19.0 Å². The van der Waals surface area contributed by atoms with Gasteiger partial charge in [0.25, 0.3) is 5.91 Å². The highest BCUT2D eigenvalue weighted by molar-refractivity contribution is 9.10. The van der Waals surface area contributed by atoms with Crippen LogP contribution in [0, 0.1) is 13.8 Å². The number of ether oxygens (including phenoxy) is 3. The van der Waals surface area contributed by atoms with E-state index in [9.17, 15) is 4.79 Å². The van der Waals surface area contributed by atoms with Gasteiger partial charge in [0.2, 0.25) is 0 Å². The van der Waals surface area contributed by atoms with E-state index < -0.39 is 0 Å². The maximum atomic E-state index is 12.0. The molecular weight excluding hydrogens is 424 g/mol. The van der Waals surface area contributed by atoms with Crippen LogP contribution in [0.15, 0.2) is 39.9 Å². The van der Waals surface area contributed by atoms with Gasteiger partial charge in [0.15, 0.2) is 18.1 Å². The number of halogens is 1. The molecule has 7 heteroatoms. The number of methoxy groups -OCH3 is 1. The first kappa shape index (κ1) is 21.8. The Morgan fingerprint density at radius 1 is 1.18 bits per heavy atom. The van der Waals surface area contributed by atoms with Crippen LogP contribution < -0.4 is 19.6 Å². The van der Waals surface area contributed by atoms with Gasteiger partial charge in [-0.05, 0) is 74.7 Å². The molecule has 0 unspecified atom stereocenters. The average molecular weight is 449 g/mol. The minimum atomic E-state index is -0.343. The highest BCUT2D eigenvalue weighted by Crippen LogP contribution is 2.28. The average Bonchev–Trinajstić information content (AvgIpc) is 2.61. The molecule has 1 N–H and O–H groups in total. The number of rotatable bonds is 8. The Kier molecular flexibility index (Phi) is 7.87. The first-order valence-electron chi connectivity index (χ1n) is 8.86. The van der Waals surface area contributed by atoms with Gasteiger partial charge < -0.3 is 14.2 Å². The highest BCUT2D eigenvalue weighted by Gasteiger charge is 2.09. The van der Waals surface area contributed by atoms with Gasteiger partial charge in [-0.15, -0.1) is 0 Å². The maximum absolute atomic E-state index is 12.0. The lowest BCUT2D eigenvalue weighted by Gasteiger charge is -2.13. The number of benzene rings is 2. The van der Waals surface area contributed by atoms with Crippen LogP contribution >= 0.6 is 15.9 Å². The van der Waals surface area contributed by atoms with Crippen LogP contribution in [0.25, 0.3) is 0 Å². The van der Waals surface area contributed by atoms with Gasteiger partial charge in [-0.3, -0.25) is 4.79 Å². The first-order valence-corrected chi connectivity index (χ1v) is 9.65. The maximum Gasteiger partial charge on any atom is 0.277 e. The molecule has 0 spiro atoms. The molecule has 1 amide bonds. The lowest BCUT2D eigenvalue weighted by molar-refractivity contribution is -0.123. The van der Waals surface area contributed by atoms with Crippen LogP contribution in [0.2, 0.25) is 0 Å². The molecule has 0 radical (unpaired) electrons. The molecule has 0 aromatic heterocycles. The normalized spacial score (nSPS) is 11.0. The molecule has 0 heterocycles. The Labute approximate surface area is 174 Å². The van der Waals surface area contributed by atoms with Crippen molar-refractivity contribution in [2.45, 2.75) is 33.8 Å². The van der Waals surface area contributed by atoms with Gasteiger partial charge in [-0.25, -0.2) is 5.43 Å². The quantitative estimate of drug-likeness (QED) is 0.480. The minimum absolute atomic E-state index is 0.0469. The van der Waals surface area contributed by atoms with Crippen LogP contribution in [0.4, 0.5) is 0 Å². The topological polar surface area (TPSA) is 69.2 Å². The highest BCUT2D eigenvalue weighted by atomic mass is 79.9. The Bertz CT molecular complexity index is 842. The number of hydrogen-bond acceptors (Lipinski definition) is 5. The number of amides is 1. The zero-order chi connectivity index (χ0) is 20.7. The zero-order valence-electron chi connectivity index (χ0n) is 16.7.